The van der Waals surface area contributed by atoms with E-state index in [1.165, 1.54) is 0 Å². The summed E-state index contributed by atoms with van der Waals surface area (Å²) in [6, 6.07) is 2.09. The third kappa shape index (κ3) is 3.41. The second kappa shape index (κ2) is 5.82. The first kappa shape index (κ1) is 14.2. The average molecular weight is 280 g/mol. The lowest BCUT2D eigenvalue weighted by Gasteiger charge is -2.22. The van der Waals surface area contributed by atoms with Gasteiger partial charge in [-0.1, -0.05) is 0 Å². The first-order chi connectivity index (χ1) is 9.55. The summed E-state index contributed by atoms with van der Waals surface area (Å²) in [5.41, 5.74) is -0.896. The van der Waals surface area contributed by atoms with Crippen LogP contribution in [0.3, 0.4) is 0 Å². The van der Waals surface area contributed by atoms with Gasteiger partial charge in [-0.05, 0) is 25.7 Å². The van der Waals surface area contributed by atoms with E-state index in [-0.39, 0.29) is 18.3 Å². The van der Waals surface area contributed by atoms with Crippen LogP contribution in [0.25, 0.3) is 0 Å². The highest BCUT2D eigenvalue weighted by atomic mass is 16.6. The van der Waals surface area contributed by atoms with E-state index in [9.17, 15) is 9.59 Å². The number of ether oxygens (including phenoxy) is 3. The Morgan fingerprint density at radius 2 is 2.30 bits per heavy atom. The summed E-state index contributed by atoms with van der Waals surface area (Å²) in [5, 5.41) is 11.7. The molecule has 1 heterocycles. The van der Waals surface area contributed by atoms with Crippen LogP contribution in [-0.2, 0) is 23.8 Å². The van der Waals surface area contributed by atoms with Gasteiger partial charge in [0.15, 0.2) is 6.61 Å². The monoisotopic (exact) mass is 280 g/mol. The summed E-state index contributed by atoms with van der Waals surface area (Å²) in [7, 11) is 0. The summed E-state index contributed by atoms with van der Waals surface area (Å²) >= 11 is 0. The van der Waals surface area contributed by atoms with E-state index >= 15 is 0 Å². The summed E-state index contributed by atoms with van der Waals surface area (Å²) in [6.07, 6.45) is 3.00. The molecule has 0 spiro atoms. The number of hydrogen-bond acceptors (Lipinski definition) is 6. The van der Waals surface area contributed by atoms with Crippen LogP contribution in [0.2, 0.25) is 0 Å². The highest BCUT2D eigenvalue weighted by molar-refractivity contribution is 5.88. The topological polar surface area (TPSA) is 97.7 Å². The van der Waals surface area contributed by atoms with Gasteiger partial charge in [-0.25, -0.2) is 4.79 Å². The first-order valence-electron chi connectivity index (χ1n) is 6.39. The van der Waals surface area contributed by atoms with E-state index < -0.39 is 24.0 Å². The summed E-state index contributed by atoms with van der Waals surface area (Å²) in [4.78, 5) is 23.2. The van der Waals surface area contributed by atoms with Gasteiger partial charge in [0.2, 0.25) is 5.76 Å². The molecule has 108 valence electrons. The van der Waals surface area contributed by atoms with Gasteiger partial charge in [0.25, 0.3) is 5.91 Å². The third-order valence-corrected chi connectivity index (χ3v) is 3.21. The molecule has 0 aromatic heterocycles. The van der Waals surface area contributed by atoms with Gasteiger partial charge in [-0.2, -0.15) is 5.26 Å². The molecule has 0 aromatic rings. The maximum absolute atomic E-state index is 11.7. The zero-order chi connectivity index (χ0) is 14.6. The van der Waals surface area contributed by atoms with Crippen LogP contribution < -0.4 is 5.32 Å². The van der Waals surface area contributed by atoms with Crippen LogP contribution in [0.15, 0.2) is 12.0 Å². The van der Waals surface area contributed by atoms with Crippen LogP contribution in [0.1, 0.15) is 19.8 Å². The Balaban J connectivity index is 1.79. The molecule has 7 nitrogen and oxygen atoms in total. The smallest absolute Gasteiger partial charge is 0.377 e. The molecule has 0 aromatic carbocycles. The molecular weight excluding hydrogens is 264 g/mol. The second-order valence-electron chi connectivity index (χ2n) is 4.91. The van der Waals surface area contributed by atoms with Gasteiger partial charge in [-0.3, -0.25) is 4.79 Å². The lowest BCUT2D eigenvalue weighted by Crippen LogP contribution is -2.48. The van der Waals surface area contributed by atoms with Crippen molar-refractivity contribution in [1.29, 1.82) is 5.26 Å². The van der Waals surface area contributed by atoms with E-state index in [2.05, 4.69) is 11.4 Å². The maximum Gasteiger partial charge on any atom is 0.377 e. The summed E-state index contributed by atoms with van der Waals surface area (Å²) in [6.45, 7) is 1.86. The van der Waals surface area contributed by atoms with E-state index in [0.717, 1.165) is 19.1 Å². The number of amides is 1. The Bertz CT molecular complexity index is 478. The number of rotatable bonds is 5. The second-order valence-corrected chi connectivity index (χ2v) is 4.91. The van der Waals surface area contributed by atoms with Crippen molar-refractivity contribution >= 4 is 11.9 Å². The quantitative estimate of drug-likeness (QED) is 0.724. The molecule has 1 amide bonds. The van der Waals surface area contributed by atoms with Gasteiger partial charge in [0, 0.05) is 0 Å². The number of nitriles is 1. The fourth-order valence-corrected chi connectivity index (χ4v) is 1.89. The number of carbonyl (C=O) groups excluding carboxylic acids is 2. The van der Waals surface area contributed by atoms with Crippen LogP contribution >= 0.6 is 0 Å². The predicted molar refractivity (Wildman–Crippen MR) is 65.8 cm³/mol. The first-order valence-corrected chi connectivity index (χ1v) is 6.39. The third-order valence-electron chi connectivity index (χ3n) is 3.21. The number of carbonyl (C=O) groups is 2. The Morgan fingerprint density at radius 1 is 1.55 bits per heavy atom. The van der Waals surface area contributed by atoms with Gasteiger partial charge >= 0.3 is 5.97 Å². The van der Waals surface area contributed by atoms with Crippen molar-refractivity contribution in [1.82, 2.24) is 5.32 Å². The van der Waals surface area contributed by atoms with Crippen molar-refractivity contribution < 1.29 is 23.8 Å². The molecule has 1 atom stereocenters. The van der Waals surface area contributed by atoms with Crippen molar-refractivity contribution in [3.05, 3.63) is 12.0 Å². The predicted octanol–water partition coefficient (Wildman–Crippen LogP) is 0.226. The average Bonchev–Trinajstić information content (AvgIpc) is 3.30. The van der Waals surface area contributed by atoms with Crippen LogP contribution in [0.4, 0.5) is 0 Å². The SMILES string of the molecule is C[C@@](C#N)(NC(=O)COC(=O)C1=COCCO1)C1CC1. The molecule has 2 rings (SSSR count). The normalized spacial score (nSPS) is 20.3. The molecular formula is C13H16N2O5. The number of nitrogens with one attached hydrogen (secondary N) is 1. The van der Waals surface area contributed by atoms with E-state index in [1.54, 1.807) is 6.92 Å². The molecule has 1 aliphatic carbocycles. The fraction of sp³-hybridized carbons (Fsp3) is 0.615. The van der Waals surface area contributed by atoms with Gasteiger partial charge in [0.05, 0.1) is 6.07 Å². The highest BCUT2D eigenvalue weighted by Gasteiger charge is 2.43. The molecule has 0 bridgehead atoms. The zero-order valence-electron chi connectivity index (χ0n) is 11.2. The zero-order valence-corrected chi connectivity index (χ0v) is 11.2. The molecule has 0 unspecified atom stereocenters. The van der Waals surface area contributed by atoms with Crippen LogP contribution in [0, 0.1) is 17.2 Å². The molecule has 2 aliphatic rings. The van der Waals surface area contributed by atoms with Gasteiger partial charge < -0.3 is 19.5 Å². The minimum absolute atomic E-state index is 0.0608. The Kier molecular flexibility index (Phi) is 4.13. The van der Waals surface area contributed by atoms with E-state index in [4.69, 9.17) is 19.5 Å². The molecule has 0 radical (unpaired) electrons. The van der Waals surface area contributed by atoms with Crippen molar-refractivity contribution in [2.45, 2.75) is 25.3 Å². The Labute approximate surface area is 116 Å². The Hall–Kier alpha value is -2.23. The minimum atomic E-state index is -0.896. The molecule has 1 saturated carbocycles. The van der Waals surface area contributed by atoms with Crippen LogP contribution in [0.5, 0.6) is 0 Å². The molecule has 20 heavy (non-hydrogen) atoms. The summed E-state index contributed by atoms with van der Waals surface area (Å²) < 4.78 is 14.7. The lowest BCUT2D eigenvalue weighted by atomic mass is 9.98. The van der Waals surface area contributed by atoms with Gasteiger partial charge in [-0.15, -0.1) is 0 Å². The van der Waals surface area contributed by atoms with E-state index in [1.807, 2.05) is 0 Å². The number of esters is 1. The number of hydrogen-bond donors (Lipinski definition) is 1. The van der Waals surface area contributed by atoms with Crippen molar-refractivity contribution in [3.63, 3.8) is 0 Å². The molecule has 1 aliphatic heterocycles. The van der Waals surface area contributed by atoms with Gasteiger partial charge in [0.1, 0.15) is 25.0 Å². The Morgan fingerprint density at radius 3 is 2.85 bits per heavy atom. The van der Waals surface area contributed by atoms with Crippen molar-refractivity contribution in [2.75, 3.05) is 19.8 Å². The minimum Gasteiger partial charge on any atom is -0.493 e. The summed E-state index contributed by atoms with van der Waals surface area (Å²) in [5.74, 6) is -1.16. The molecule has 0 saturated heterocycles. The van der Waals surface area contributed by atoms with Crippen molar-refractivity contribution in [3.8, 4) is 6.07 Å². The highest BCUT2D eigenvalue weighted by Crippen LogP contribution is 2.39. The fourth-order valence-electron chi connectivity index (χ4n) is 1.89. The number of nitrogens with zero attached hydrogens (tertiary/aromatic N) is 1. The maximum atomic E-state index is 11.7. The van der Waals surface area contributed by atoms with Crippen molar-refractivity contribution in [2.24, 2.45) is 5.92 Å². The largest absolute Gasteiger partial charge is 0.493 e. The van der Waals surface area contributed by atoms with E-state index in [0.29, 0.717) is 6.61 Å². The molecule has 1 N–H and O–H groups in total. The molecule has 1 fully saturated rings. The lowest BCUT2D eigenvalue weighted by molar-refractivity contribution is -0.149. The molecule has 7 heteroatoms. The standard InChI is InChI=1S/C13H16N2O5/c1-13(8-14,9-2-3-9)15-11(16)7-20-12(17)10-6-18-4-5-19-10/h6,9H,2-5,7H2,1H3,(H,15,16)/t13-/m0/s1. The van der Waals surface area contributed by atoms with Crippen LogP contribution in [-0.4, -0.2) is 37.2 Å².